The molecule has 0 spiro atoms. The zero-order valence-corrected chi connectivity index (χ0v) is 18.4. The Morgan fingerprint density at radius 1 is 1.03 bits per heavy atom. The van der Waals surface area contributed by atoms with Crippen molar-refractivity contribution in [3.8, 4) is 11.5 Å². The van der Waals surface area contributed by atoms with E-state index in [0.29, 0.717) is 48.4 Å². The van der Waals surface area contributed by atoms with Crippen LogP contribution >= 0.6 is 11.6 Å². The first-order chi connectivity index (χ1) is 14.3. The van der Waals surface area contributed by atoms with Crippen molar-refractivity contribution in [2.45, 2.75) is 4.90 Å². The summed E-state index contributed by atoms with van der Waals surface area (Å²) in [6.07, 6.45) is 0. The molecule has 10 heteroatoms. The predicted octanol–water partition coefficient (Wildman–Crippen LogP) is 2.30. The van der Waals surface area contributed by atoms with Crippen LogP contribution in [0.5, 0.6) is 11.5 Å². The number of carbonyl (C=O) groups excluding carboxylic acids is 1. The Bertz CT molecular complexity index is 990. The fraction of sp³-hybridized carbons (Fsp3) is 0.350. The van der Waals surface area contributed by atoms with E-state index in [4.69, 9.17) is 21.1 Å². The molecule has 162 valence electrons. The molecule has 0 aliphatic carbocycles. The predicted molar refractivity (Wildman–Crippen MR) is 115 cm³/mol. The van der Waals surface area contributed by atoms with Crippen LogP contribution in [0.15, 0.2) is 47.4 Å². The summed E-state index contributed by atoms with van der Waals surface area (Å²) in [5.41, 5.74) is 0.548. The number of ether oxygens (including phenoxy) is 2. The molecule has 1 amide bonds. The van der Waals surface area contributed by atoms with E-state index < -0.39 is 10.0 Å². The average Bonchev–Trinajstić information content (AvgIpc) is 2.74. The maximum Gasteiger partial charge on any atom is 0.243 e. The molecule has 0 radical (unpaired) electrons. The molecule has 0 atom stereocenters. The lowest BCUT2D eigenvalue weighted by atomic mass is 10.2. The number of nitrogens with one attached hydrogen (secondary N) is 1. The molecule has 0 unspecified atom stereocenters. The number of benzene rings is 2. The number of anilines is 1. The first-order valence-electron chi connectivity index (χ1n) is 9.33. The highest BCUT2D eigenvalue weighted by molar-refractivity contribution is 7.89. The lowest BCUT2D eigenvalue weighted by Crippen LogP contribution is -2.50. The van der Waals surface area contributed by atoms with Crippen LogP contribution in [-0.2, 0) is 14.8 Å². The first kappa shape index (κ1) is 22.4. The summed E-state index contributed by atoms with van der Waals surface area (Å²) >= 11 is 5.84. The number of carbonyl (C=O) groups is 1. The van der Waals surface area contributed by atoms with Gasteiger partial charge in [-0.05, 0) is 36.4 Å². The van der Waals surface area contributed by atoms with Crippen LogP contribution in [0, 0.1) is 0 Å². The van der Waals surface area contributed by atoms with Gasteiger partial charge in [-0.3, -0.25) is 9.69 Å². The molecule has 1 aliphatic rings. The topological polar surface area (TPSA) is 88.2 Å². The zero-order valence-electron chi connectivity index (χ0n) is 16.8. The fourth-order valence-electron chi connectivity index (χ4n) is 3.18. The average molecular weight is 454 g/mol. The number of halogens is 1. The highest BCUT2D eigenvalue weighted by atomic mass is 35.5. The lowest BCUT2D eigenvalue weighted by molar-refractivity contribution is -0.117. The highest BCUT2D eigenvalue weighted by Crippen LogP contribution is 2.29. The standard InChI is InChI=1S/C20H24ClN3O5S/c1-28-16-5-8-18(19(13-16)29-2)22-20(25)14-23-9-11-24(12-10-23)30(26,27)17-6-3-15(21)4-7-17/h3-8,13H,9-12,14H2,1-2H3,(H,22,25). The van der Waals surface area contributed by atoms with E-state index >= 15 is 0 Å². The number of hydrogen-bond acceptors (Lipinski definition) is 6. The van der Waals surface area contributed by atoms with Crippen LogP contribution in [0.3, 0.4) is 0 Å². The molecule has 1 N–H and O–H groups in total. The molecule has 8 nitrogen and oxygen atoms in total. The normalized spacial score (nSPS) is 15.6. The Hall–Kier alpha value is -2.33. The summed E-state index contributed by atoms with van der Waals surface area (Å²) < 4.78 is 37.4. The molecule has 0 saturated carbocycles. The second-order valence-electron chi connectivity index (χ2n) is 6.75. The smallest absolute Gasteiger partial charge is 0.243 e. The van der Waals surface area contributed by atoms with Crippen LogP contribution < -0.4 is 14.8 Å². The van der Waals surface area contributed by atoms with Gasteiger partial charge in [0.05, 0.1) is 31.3 Å². The number of hydrogen-bond donors (Lipinski definition) is 1. The second-order valence-corrected chi connectivity index (χ2v) is 9.12. The molecule has 1 heterocycles. The Labute approximate surface area is 181 Å². The molecule has 3 rings (SSSR count). The van der Waals surface area contributed by atoms with Gasteiger partial charge in [-0.2, -0.15) is 4.31 Å². The van der Waals surface area contributed by atoms with E-state index in [1.807, 2.05) is 4.90 Å². The maximum absolute atomic E-state index is 12.8. The minimum absolute atomic E-state index is 0.157. The van der Waals surface area contributed by atoms with Crippen LogP contribution in [0.1, 0.15) is 0 Å². The Morgan fingerprint density at radius 3 is 2.30 bits per heavy atom. The summed E-state index contributed by atoms with van der Waals surface area (Å²) in [7, 11) is -0.502. The summed E-state index contributed by atoms with van der Waals surface area (Å²) in [6, 6.07) is 11.3. The lowest BCUT2D eigenvalue weighted by Gasteiger charge is -2.33. The third kappa shape index (κ3) is 5.23. The number of piperazine rings is 1. The summed E-state index contributed by atoms with van der Waals surface area (Å²) in [5.74, 6) is 0.928. The van der Waals surface area contributed by atoms with Gasteiger partial charge in [0.25, 0.3) is 0 Å². The fourth-order valence-corrected chi connectivity index (χ4v) is 4.73. The van der Waals surface area contributed by atoms with E-state index in [-0.39, 0.29) is 17.3 Å². The van der Waals surface area contributed by atoms with Crippen molar-refractivity contribution in [2.24, 2.45) is 0 Å². The molecule has 1 saturated heterocycles. The van der Waals surface area contributed by atoms with Crippen molar-refractivity contribution in [1.29, 1.82) is 0 Å². The number of amides is 1. The van der Waals surface area contributed by atoms with Gasteiger partial charge in [-0.25, -0.2) is 8.42 Å². The molecule has 0 bridgehead atoms. The minimum Gasteiger partial charge on any atom is -0.497 e. The third-order valence-corrected chi connectivity index (χ3v) is 7.00. The van der Waals surface area contributed by atoms with Gasteiger partial charge in [0.15, 0.2) is 0 Å². The van der Waals surface area contributed by atoms with Gasteiger partial charge >= 0.3 is 0 Å². The third-order valence-electron chi connectivity index (χ3n) is 4.83. The first-order valence-corrected chi connectivity index (χ1v) is 11.2. The molecule has 1 aliphatic heterocycles. The van der Waals surface area contributed by atoms with Gasteiger partial charge in [0.2, 0.25) is 15.9 Å². The van der Waals surface area contributed by atoms with Crippen molar-refractivity contribution in [2.75, 3.05) is 52.3 Å². The van der Waals surface area contributed by atoms with E-state index in [0.717, 1.165) is 0 Å². The van der Waals surface area contributed by atoms with Gasteiger partial charge in [0, 0.05) is 37.3 Å². The van der Waals surface area contributed by atoms with Gasteiger partial charge in [-0.15, -0.1) is 0 Å². The van der Waals surface area contributed by atoms with E-state index in [1.54, 1.807) is 37.4 Å². The summed E-state index contributed by atoms with van der Waals surface area (Å²) in [6.45, 7) is 1.69. The maximum atomic E-state index is 12.8. The summed E-state index contributed by atoms with van der Waals surface area (Å²) in [5, 5.41) is 3.31. The van der Waals surface area contributed by atoms with Crippen molar-refractivity contribution >= 4 is 33.2 Å². The van der Waals surface area contributed by atoms with Gasteiger partial charge in [-0.1, -0.05) is 11.6 Å². The van der Waals surface area contributed by atoms with Crippen molar-refractivity contribution in [1.82, 2.24) is 9.21 Å². The van der Waals surface area contributed by atoms with Crippen molar-refractivity contribution < 1.29 is 22.7 Å². The molecule has 1 fully saturated rings. The molecule has 0 aromatic heterocycles. The van der Waals surface area contributed by atoms with Gasteiger partial charge in [0.1, 0.15) is 11.5 Å². The van der Waals surface area contributed by atoms with Crippen molar-refractivity contribution in [3.05, 3.63) is 47.5 Å². The largest absolute Gasteiger partial charge is 0.497 e. The zero-order chi connectivity index (χ0) is 21.7. The quantitative estimate of drug-likeness (QED) is 0.692. The van der Waals surface area contributed by atoms with E-state index in [9.17, 15) is 13.2 Å². The highest BCUT2D eigenvalue weighted by Gasteiger charge is 2.29. The molecular formula is C20H24ClN3O5S. The monoisotopic (exact) mass is 453 g/mol. The number of nitrogens with zero attached hydrogens (tertiary/aromatic N) is 2. The Balaban J connectivity index is 1.55. The van der Waals surface area contributed by atoms with E-state index in [1.165, 1.54) is 23.5 Å². The summed E-state index contributed by atoms with van der Waals surface area (Å²) in [4.78, 5) is 14.6. The molecule has 30 heavy (non-hydrogen) atoms. The van der Waals surface area contributed by atoms with Gasteiger partial charge < -0.3 is 14.8 Å². The number of rotatable bonds is 7. The second kappa shape index (κ2) is 9.65. The van der Waals surface area contributed by atoms with E-state index in [2.05, 4.69) is 5.32 Å². The van der Waals surface area contributed by atoms with Crippen molar-refractivity contribution in [3.63, 3.8) is 0 Å². The Morgan fingerprint density at radius 2 is 1.70 bits per heavy atom. The van der Waals surface area contributed by atoms with Crippen LogP contribution in [0.4, 0.5) is 5.69 Å². The molecule has 2 aromatic carbocycles. The van der Waals surface area contributed by atoms with Crippen LogP contribution in [0.2, 0.25) is 5.02 Å². The number of methoxy groups -OCH3 is 2. The van der Waals surface area contributed by atoms with Crippen LogP contribution in [-0.4, -0.2) is 70.5 Å². The number of sulfonamides is 1. The Kier molecular flexibility index (Phi) is 7.19. The molecular weight excluding hydrogens is 430 g/mol. The van der Waals surface area contributed by atoms with Crippen LogP contribution in [0.25, 0.3) is 0 Å². The SMILES string of the molecule is COc1ccc(NC(=O)CN2CCN(S(=O)(=O)c3ccc(Cl)cc3)CC2)c(OC)c1. The molecule has 2 aromatic rings. The minimum atomic E-state index is -3.58.